The van der Waals surface area contributed by atoms with Gasteiger partial charge in [-0.05, 0) is 30.7 Å². The van der Waals surface area contributed by atoms with Crippen molar-refractivity contribution in [3.8, 4) is 0 Å². The van der Waals surface area contributed by atoms with Gasteiger partial charge in [-0.3, -0.25) is 0 Å². The molecule has 114 valence electrons. The van der Waals surface area contributed by atoms with Crippen molar-refractivity contribution in [3.63, 3.8) is 0 Å². The summed E-state index contributed by atoms with van der Waals surface area (Å²) in [7, 11) is 0. The highest BCUT2D eigenvalue weighted by molar-refractivity contribution is 5.82. The Labute approximate surface area is 123 Å². The van der Waals surface area contributed by atoms with E-state index in [0.29, 0.717) is 5.56 Å². The van der Waals surface area contributed by atoms with E-state index >= 15 is 0 Å². The molecule has 0 bridgehead atoms. The highest BCUT2D eigenvalue weighted by Crippen LogP contribution is 2.34. The van der Waals surface area contributed by atoms with Crippen LogP contribution in [0.4, 0.5) is 20.2 Å². The summed E-state index contributed by atoms with van der Waals surface area (Å²) in [4.78, 5) is 3.72. The van der Waals surface area contributed by atoms with Crippen LogP contribution >= 0.6 is 0 Å². The first-order chi connectivity index (χ1) is 10.5. The van der Waals surface area contributed by atoms with Gasteiger partial charge < -0.3 is 19.9 Å². The number of benzene rings is 2. The number of aliphatic hydroxyl groups is 2. The fraction of sp³-hybridized carbons (Fsp3) is 0.133. The average Bonchev–Trinajstić information content (AvgIpc) is 2.92. The summed E-state index contributed by atoms with van der Waals surface area (Å²) in [6.45, 7) is 1.72. The number of anilines is 2. The Morgan fingerprint density at radius 1 is 1.23 bits per heavy atom. The van der Waals surface area contributed by atoms with Crippen molar-refractivity contribution in [2.24, 2.45) is 0 Å². The standard InChI is InChI=1S/C15H12F2N2O3/c1-7-2-3-10(9(16)4-7)19-13-8(15(20)21)5-11-14(12(13)17)18-6-22-11/h2-6,15,19-21H,1H3. The average molecular weight is 306 g/mol. The van der Waals surface area contributed by atoms with E-state index in [-0.39, 0.29) is 28.0 Å². The van der Waals surface area contributed by atoms with Gasteiger partial charge in [-0.2, -0.15) is 0 Å². The van der Waals surface area contributed by atoms with Gasteiger partial charge in [-0.1, -0.05) is 6.07 Å². The molecule has 7 heteroatoms. The number of hydrogen-bond donors (Lipinski definition) is 3. The molecule has 0 radical (unpaired) electrons. The SMILES string of the molecule is Cc1ccc(Nc2c(C(O)O)cc3ocnc3c2F)c(F)c1. The fourth-order valence-corrected chi connectivity index (χ4v) is 2.17. The molecule has 1 aromatic heterocycles. The van der Waals surface area contributed by atoms with Crippen LogP contribution in [0.1, 0.15) is 17.4 Å². The van der Waals surface area contributed by atoms with Gasteiger partial charge >= 0.3 is 0 Å². The van der Waals surface area contributed by atoms with Crippen molar-refractivity contribution in [1.82, 2.24) is 4.98 Å². The van der Waals surface area contributed by atoms with Crippen LogP contribution in [-0.2, 0) is 0 Å². The predicted molar refractivity (Wildman–Crippen MR) is 75.6 cm³/mol. The minimum atomic E-state index is -1.96. The van der Waals surface area contributed by atoms with Crippen LogP contribution in [-0.4, -0.2) is 15.2 Å². The van der Waals surface area contributed by atoms with Gasteiger partial charge in [0.15, 0.2) is 24.1 Å². The van der Waals surface area contributed by atoms with Crippen LogP contribution in [0.2, 0.25) is 0 Å². The zero-order valence-corrected chi connectivity index (χ0v) is 11.5. The Hall–Kier alpha value is -2.51. The summed E-state index contributed by atoms with van der Waals surface area (Å²) in [6.07, 6.45) is -0.919. The van der Waals surface area contributed by atoms with Crippen LogP contribution in [0.15, 0.2) is 35.1 Å². The number of aromatic nitrogens is 1. The molecule has 0 atom stereocenters. The van der Waals surface area contributed by atoms with E-state index in [1.54, 1.807) is 13.0 Å². The maximum Gasteiger partial charge on any atom is 0.182 e. The molecular formula is C15H12F2N2O3. The molecule has 5 nitrogen and oxygen atoms in total. The molecular weight excluding hydrogens is 294 g/mol. The van der Waals surface area contributed by atoms with Crippen molar-refractivity contribution in [2.45, 2.75) is 13.2 Å². The van der Waals surface area contributed by atoms with Crippen LogP contribution in [0, 0.1) is 18.6 Å². The number of aliphatic hydroxyl groups excluding tert-OH is 1. The zero-order chi connectivity index (χ0) is 15.9. The highest BCUT2D eigenvalue weighted by atomic mass is 19.1. The smallest absolute Gasteiger partial charge is 0.182 e. The van der Waals surface area contributed by atoms with Crippen molar-refractivity contribution < 1.29 is 23.4 Å². The summed E-state index contributed by atoms with van der Waals surface area (Å²) in [5, 5.41) is 21.4. The van der Waals surface area contributed by atoms with E-state index in [1.165, 1.54) is 18.2 Å². The lowest BCUT2D eigenvalue weighted by Gasteiger charge is -2.15. The Morgan fingerprint density at radius 3 is 2.68 bits per heavy atom. The zero-order valence-electron chi connectivity index (χ0n) is 11.5. The number of hydrogen-bond acceptors (Lipinski definition) is 5. The lowest BCUT2D eigenvalue weighted by Crippen LogP contribution is -2.05. The van der Waals surface area contributed by atoms with Crippen molar-refractivity contribution in [2.75, 3.05) is 5.32 Å². The third kappa shape index (κ3) is 2.40. The molecule has 3 N–H and O–H groups in total. The van der Waals surface area contributed by atoms with E-state index in [1.807, 2.05) is 0 Å². The van der Waals surface area contributed by atoms with Gasteiger partial charge in [-0.15, -0.1) is 0 Å². The largest absolute Gasteiger partial charge is 0.443 e. The lowest BCUT2D eigenvalue weighted by molar-refractivity contribution is -0.0420. The van der Waals surface area contributed by atoms with Gasteiger partial charge in [0.1, 0.15) is 11.3 Å². The van der Waals surface area contributed by atoms with Crippen LogP contribution in [0.25, 0.3) is 11.1 Å². The van der Waals surface area contributed by atoms with Gasteiger partial charge in [-0.25, -0.2) is 13.8 Å². The van der Waals surface area contributed by atoms with E-state index in [4.69, 9.17) is 4.42 Å². The Kier molecular flexibility index (Phi) is 3.51. The molecule has 3 aromatic rings. The van der Waals surface area contributed by atoms with Crippen molar-refractivity contribution in [1.29, 1.82) is 0 Å². The Morgan fingerprint density at radius 2 is 2.00 bits per heavy atom. The van der Waals surface area contributed by atoms with E-state index < -0.39 is 17.9 Å². The molecule has 0 saturated heterocycles. The molecule has 2 aromatic carbocycles. The molecule has 22 heavy (non-hydrogen) atoms. The van der Waals surface area contributed by atoms with Crippen LogP contribution in [0.5, 0.6) is 0 Å². The minimum Gasteiger partial charge on any atom is -0.443 e. The van der Waals surface area contributed by atoms with Gasteiger partial charge in [0, 0.05) is 5.56 Å². The summed E-state index contributed by atoms with van der Waals surface area (Å²) in [6, 6.07) is 5.60. The van der Waals surface area contributed by atoms with E-state index in [0.717, 1.165) is 6.39 Å². The Balaban J connectivity index is 2.16. The molecule has 0 aliphatic heterocycles. The third-order valence-corrected chi connectivity index (χ3v) is 3.26. The summed E-state index contributed by atoms with van der Waals surface area (Å²) < 4.78 is 33.4. The summed E-state index contributed by atoms with van der Waals surface area (Å²) in [5.74, 6) is -1.44. The Bertz CT molecular complexity index is 846. The molecule has 0 spiro atoms. The molecule has 0 fully saturated rings. The van der Waals surface area contributed by atoms with Crippen molar-refractivity contribution in [3.05, 3.63) is 53.4 Å². The number of fused-ring (bicyclic) bond motifs is 1. The quantitative estimate of drug-likeness (QED) is 0.648. The number of aryl methyl sites for hydroxylation is 1. The molecule has 1 heterocycles. The summed E-state index contributed by atoms with van der Waals surface area (Å²) in [5.41, 5.74) is 0.253. The first-order valence-corrected chi connectivity index (χ1v) is 6.42. The third-order valence-electron chi connectivity index (χ3n) is 3.26. The first-order valence-electron chi connectivity index (χ1n) is 6.42. The first kappa shape index (κ1) is 14.4. The lowest BCUT2D eigenvalue weighted by atomic mass is 10.1. The van der Waals surface area contributed by atoms with Gasteiger partial charge in [0.2, 0.25) is 0 Å². The second-order valence-electron chi connectivity index (χ2n) is 4.84. The molecule has 0 aliphatic rings. The van der Waals surface area contributed by atoms with Crippen LogP contribution in [0.3, 0.4) is 0 Å². The second kappa shape index (κ2) is 5.36. The second-order valence-corrected chi connectivity index (χ2v) is 4.84. The van der Waals surface area contributed by atoms with Gasteiger partial charge in [0.25, 0.3) is 0 Å². The summed E-state index contributed by atoms with van der Waals surface area (Å²) >= 11 is 0. The maximum absolute atomic E-state index is 14.5. The van der Waals surface area contributed by atoms with Crippen LogP contribution < -0.4 is 5.32 Å². The van der Waals surface area contributed by atoms with Crippen molar-refractivity contribution >= 4 is 22.5 Å². The van der Waals surface area contributed by atoms with E-state index in [2.05, 4.69) is 10.3 Å². The minimum absolute atomic E-state index is 0.00856. The predicted octanol–water partition coefficient (Wildman–Crippen LogP) is 3.14. The number of oxazole rings is 1. The molecule has 0 amide bonds. The normalized spacial score (nSPS) is 11.4. The molecule has 3 rings (SSSR count). The highest BCUT2D eigenvalue weighted by Gasteiger charge is 2.21. The number of nitrogens with zero attached hydrogens (tertiary/aromatic N) is 1. The number of rotatable bonds is 3. The van der Waals surface area contributed by atoms with Gasteiger partial charge in [0.05, 0.1) is 11.4 Å². The maximum atomic E-state index is 14.5. The number of nitrogens with one attached hydrogen (secondary N) is 1. The van der Waals surface area contributed by atoms with E-state index in [9.17, 15) is 19.0 Å². The molecule has 0 saturated carbocycles. The molecule has 0 unspecified atom stereocenters. The fourth-order valence-electron chi connectivity index (χ4n) is 2.17. The number of halogens is 2. The topological polar surface area (TPSA) is 78.5 Å². The molecule has 0 aliphatic carbocycles. The monoisotopic (exact) mass is 306 g/mol.